The van der Waals surface area contributed by atoms with E-state index in [0.717, 1.165) is 25.2 Å². The summed E-state index contributed by atoms with van der Waals surface area (Å²) < 4.78 is 0. The first-order valence-corrected chi connectivity index (χ1v) is 7.76. The van der Waals surface area contributed by atoms with Gasteiger partial charge in [0.05, 0.1) is 5.92 Å². The third-order valence-electron chi connectivity index (χ3n) is 4.21. The number of likely N-dealkylation sites (tertiary alicyclic amines) is 1. The summed E-state index contributed by atoms with van der Waals surface area (Å²) in [6, 6.07) is 0. The molecule has 1 atom stereocenters. The summed E-state index contributed by atoms with van der Waals surface area (Å²) in [7, 11) is 0. The van der Waals surface area contributed by atoms with Crippen LogP contribution in [-0.4, -0.2) is 46.3 Å². The third-order valence-corrected chi connectivity index (χ3v) is 4.21. The molecule has 0 aromatic carbocycles. The Morgan fingerprint density at radius 1 is 1.48 bits per heavy atom. The average Bonchev–Trinajstić information content (AvgIpc) is 2.98. The number of imidazole rings is 1. The molecule has 0 spiro atoms. The van der Waals surface area contributed by atoms with Gasteiger partial charge in [0.15, 0.2) is 0 Å². The molecule has 2 N–H and O–H groups in total. The highest BCUT2D eigenvalue weighted by molar-refractivity contribution is 5.89. The Balaban J connectivity index is 1.36. The van der Waals surface area contributed by atoms with Crippen LogP contribution in [0.2, 0.25) is 0 Å². The van der Waals surface area contributed by atoms with Crippen LogP contribution in [0, 0.1) is 11.8 Å². The lowest BCUT2D eigenvalue weighted by atomic mass is 10.1. The Morgan fingerprint density at radius 3 is 3.05 bits per heavy atom. The molecule has 2 fully saturated rings. The van der Waals surface area contributed by atoms with E-state index in [2.05, 4.69) is 15.3 Å². The van der Waals surface area contributed by atoms with Crippen LogP contribution in [0.1, 0.15) is 31.5 Å². The van der Waals surface area contributed by atoms with Gasteiger partial charge in [-0.1, -0.05) is 0 Å². The molecule has 2 amide bonds. The number of H-pyrrole nitrogens is 1. The second-order valence-electron chi connectivity index (χ2n) is 6.07. The summed E-state index contributed by atoms with van der Waals surface area (Å²) in [5.74, 6) is 1.61. The van der Waals surface area contributed by atoms with E-state index in [1.165, 1.54) is 12.8 Å². The fourth-order valence-electron chi connectivity index (χ4n) is 2.78. The lowest BCUT2D eigenvalue weighted by Crippen LogP contribution is -2.34. The van der Waals surface area contributed by atoms with Crippen LogP contribution >= 0.6 is 0 Å². The van der Waals surface area contributed by atoms with Crippen LogP contribution in [0.15, 0.2) is 12.4 Å². The minimum absolute atomic E-state index is 0.0149. The quantitative estimate of drug-likeness (QED) is 0.726. The Kier molecular flexibility index (Phi) is 4.22. The first kappa shape index (κ1) is 14.1. The van der Waals surface area contributed by atoms with Gasteiger partial charge >= 0.3 is 0 Å². The number of nitrogens with zero attached hydrogens (tertiary/aromatic N) is 2. The Morgan fingerprint density at radius 2 is 2.33 bits per heavy atom. The van der Waals surface area contributed by atoms with Gasteiger partial charge in [-0.05, 0) is 25.2 Å². The van der Waals surface area contributed by atoms with Gasteiger partial charge < -0.3 is 15.2 Å². The van der Waals surface area contributed by atoms with Crippen molar-refractivity contribution in [2.45, 2.75) is 32.1 Å². The second kappa shape index (κ2) is 6.28. The summed E-state index contributed by atoms with van der Waals surface area (Å²) in [6.07, 6.45) is 8.03. The summed E-state index contributed by atoms with van der Waals surface area (Å²) in [6.45, 7) is 2.08. The zero-order chi connectivity index (χ0) is 14.7. The van der Waals surface area contributed by atoms with E-state index in [1.807, 2.05) is 4.90 Å². The highest BCUT2D eigenvalue weighted by atomic mass is 16.2. The number of hydrogen-bond acceptors (Lipinski definition) is 3. The van der Waals surface area contributed by atoms with Gasteiger partial charge in [0, 0.05) is 44.9 Å². The summed E-state index contributed by atoms with van der Waals surface area (Å²) in [4.78, 5) is 33.0. The topological polar surface area (TPSA) is 78.1 Å². The van der Waals surface area contributed by atoms with Crippen LogP contribution in [0.25, 0.3) is 0 Å². The first-order chi connectivity index (χ1) is 10.2. The molecule has 1 aromatic rings. The lowest BCUT2D eigenvalue weighted by Gasteiger charge is -2.15. The van der Waals surface area contributed by atoms with Crippen molar-refractivity contribution in [3.63, 3.8) is 0 Å². The van der Waals surface area contributed by atoms with Crippen molar-refractivity contribution in [2.75, 3.05) is 19.6 Å². The lowest BCUT2D eigenvalue weighted by molar-refractivity contribution is -0.129. The van der Waals surface area contributed by atoms with Gasteiger partial charge in [-0.25, -0.2) is 4.98 Å². The summed E-state index contributed by atoms with van der Waals surface area (Å²) >= 11 is 0. The molecule has 0 bridgehead atoms. The van der Waals surface area contributed by atoms with E-state index < -0.39 is 0 Å². The molecule has 114 valence electrons. The number of hydrogen-bond donors (Lipinski definition) is 2. The van der Waals surface area contributed by atoms with Crippen molar-refractivity contribution in [1.29, 1.82) is 0 Å². The number of amides is 2. The number of aryl methyl sites for hydroxylation is 1. The van der Waals surface area contributed by atoms with Gasteiger partial charge in [-0.15, -0.1) is 0 Å². The van der Waals surface area contributed by atoms with Gasteiger partial charge in [0.2, 0.25) is 11.8 Å². The molecule has 6 nitrogen and oxygen atoms in total. The monoisotopic (exact) mass is 290 g/mol. The summed E-state index contributed by atoms with van der Waals surface area (Å²) in [5, 5.41) is 2.94. The van der Waals surface area contributed by atoms with E-state index in [0.29, 0.717) is 25.4 Å². The van der Waals surface area contributed by atoms with Gasteiger partial charge in [0.1, 0.15) is 5.82 Å². The van der Waals surface area contributed by atoms with E-state index >= 15 is 0 Å². The van der Waals surface area contributed by atoms with Crippen LogP contribution in [0.5, 0.6) is 0 Å². The molecule has 1 aliphatic carbocycles. The fourth-order valence-corrected chi connectivity index (χ4v) is 2.78. The number of carbonyl (C=O) groups is 2. The van der Waals surface area contributed by atoms with E-state index in [4.69, 9.17) is 0 Å². The first-order valence-electron chi connectivity index (χ1n) is 7.76. The molecule has 1 saturated carbocycles. The third kappa shape index (κ3) is 3.83. The molecule has 21 heavy (non-hydrogen) atoms. The Hall–Kier alpha value is -1.85. The highest BCUT2D eigenvalue weighted by Gasteiger charge is 2.36. The SMILES string of the molecule is O=C(NCCCc1ncc[nH]1)C1CC(=O)N(CC2CC2)C1. The smallest absolute Gasteiger partial charge is 0.225 e. The molecule has 0 radical (unpaired) electrons. The van der Waals surface area contributed by atoms with Crippen LogP contribution in [0.3, 0.4) is 0 Å². The zero-order valence-electron chi connectivity index (χ0n) is 12.2. The number of carbonyl (C=O) groups excluding carboxylic acids is 2. The number of rotatable bonds is 7. The normalized spacial score (nSPS) is 21.8. The molecule has 2 aliphatic rings. The second-order valence-corrected chi connectivity index (χ2v) is 6.07. The average molecular weight is 290 g/mol. The molecule has 3 rings (SSSR count). The zero-order valence-corrected chi connectivity index (χ0v) is 12.2. The number of aromatic nitrogens is 2. The van der Waals surface area contributed by atoms with Crippen molar-refractivity contribution < 1.29 is 9.59 Å². The highest BCUT2D eigenvalue weighted by Crippen LogP contribution is 2.31. The standard InChI is InChI=1S/C15H22N4O2/c20-14-8-12(10-19(14)9-11-3-4-11)15(21)18-5-1-2-13-16-6-7-17-13/h6-7,11-12H,1-5,8-10H2,(H,16,17)(H,18,21). The van der Waals surface area contributed by atoms with Crippen LogP contribution in [-0.2, 0) is 16.0 Å². The molecule has 6 heteroatoms. The maximum atomic E-state index is 12.1. The molecule has 1 unspecified atom stereocenters. The Bertz CT molecular complexity index is 496. The van der Waals surface area contributed by atoms with Crippen molar-refractivity contribution in [1.82, 2.24) is 20.2 Å². The number of nitrogens with one attached hydrogen (secondary N) is 2. The molecule has 1 aromatic heterocycles. The fraction of sp³-hybridized carbons (Fsp3) is 0.667. The van der Waals surface area contributed by atoms with Crippen LogP contribution < -0.4 is 5.32 Å². The number of aromatic amines is 1. The van der Waals surface area contributed by atoms with Crippen molar-refractivity contribution in [3.8, 4) is 0 Å². The van der Waals surface area contributed by atoms with Gasteiger partial charge in [-0.3, -0.25) is 9.59 Å². The molecule has 1 saturated heterocycles. The van der Waals surface area contributed by atoms with Crippen molar-refractivity contribution >= 4 is 11.8 Å². The van der Waals surface area contributed by atoms with E-state index in [1.54, 1.807) is 12.4 Å². The van der Waals surface area contributed by atoms with Gasteiger partial charge in [-0.2, -0.15) is 0 Å². The van der Waals surface area contributed by atoms with Crippen LogP contribution in [0.4, 0.5) is 0 Å². The Labute approximate surface area is 124 Å². The van der Waals surface area contributed by atoms with Crippen molar-refractivity contribution in [3.05, 3.63) is 18.2 Å². The van der Waals surface area contributed by atoms with Gasteiger partial charge in [0.25, 0.3) is 0 Å². The molecule has 1 aliphatic heterocycles. The van der Waals surface area contributed by atoms with Crippen molar-refractivity contribution in [2.24, 2.45) is 11.8 Å². The largest absolute Gasteiger partial charge is 0.356 e. The maximum Gasteiger partial charge on any atom is 0.225 e. The minimum Gasteiger partial charge on any atom is -0.356 e. The van der Waals surface area contributed by atoms with E-state index in [-0.39, 0.29) is 17.7 Å². The molecular weight excluding hydrogens is 268 g/mol. The predicted octanol–water partition coefficient (Wildman–Crippen LogP) is 0.717. The minimum atomic E-state index is -0.167. The van der Waals surface area contributed by atoms with E-state index in [9.17, 15) is 9.59 Å². The summed E-state index contributed by atoms with van der Waals surface area (Å²) in [5.41, 5.74) is 0. The predicted molar refractivity (Wildman–Crippen MR) is 77.3 cm³/mol. The molecular formula is C15H22N4O2. The maximum absolute atomic E-state index is 12.1. The molecule has 2 heterocycles.